The summed E-state index contributed by atoms with van der Waals surface area (Å²) in [7, 11) is 0. The summed E-state index contributed by atoms with van der Waals surface area (Å²) in [6, 6.07) is 61.6. The molecular formula is C46H28O. The van der Waals surface area contributed by atoms with Gasteiger partial charge in [0.15, 0.2) is 0 Å². The normalized spacial score (nSPS) is 11.8. The van der Waals surface area contributed by atoms with Crippen LogP contribution in [-0.2, 0) is 0 Å². The first-order valence-electron chi connectivity index (χ1n) is 16.2. The van der Waals surface area contributed by atoms with Crippen molar-refractivity contribution in [3.63, 3.8) is 0 Å². The number of rotatable bonds is 3. The predicted molar refractivity (Wildman–Crippen MR) is 200 cm³/mol. The van der Waals surface area contributed by atoms with Crippen molar-refractivity contribution in [2.45, 2.75) is 0 Å². The molecule has 0 bridgehead atoms. The maximum atomic E-state index is 6.27. The zero-order valence-electron chi connectivity index (χ0n) is 25.6. The van der Waals surface area contributed by atoms with Gasteiger partial charge in [0.25, 0.3) is 0 Å². The van der Waals surface area contributed by atoms with Crippen molar-refractivity contribution in [1.29, 1.82) is 0 Å². The Labute approximate surface area is 271 Å². The standard InChI is InChI=1S/C46H28O/c1-2-11-30(12-3-1)44-37-14-6-8-16-39(37)45(40-17-9-7-15-38(40)44)35-21-20-31-26-32(18-19-33(31)27-35)34-23-24-42-41(28-34)46-36-13-5-4-10-29(36)22-25-43(46)47-42/h1-28H. The third kappa shape index (κ3) is 4.03. The molecule has 1 nitrogen and oxygen atoms in total. The van der Waals surface area contributed by atoms with Crippen molar-refractivity contribution in [2.24, 2.45) is 0 Å². The van der Waals surface area contributed by atoms with E-state index < -0.39 is 0 Å². The summed E-state index contributed by atoms with van der Waals surface area (Å²) < 4.78 is 6.27. The van der Waals surface area contributed by atoms with Crippen molar-refractivity contribution in [2.75, 3.05) is 0 Å². The fourth-order valence-corrected chi connectivity index (χ4v) is 7.66. The summed E-state index contributed by atoms with van der Waals surface area (Å²) in [5, 5.41) is 12.3. The molecule has 0 N–H and O–H groups in total. The van der Waals surface area contributed by atoms with Crippen LogP contribution in [0.2, 0.25) is 0 Å². The zero-order chi connectivity index (χ0) is 30.9. The van der Waals surface area contributed by atoms with Crippen LogP contribution in [0.5, 0.6) is 0 Å². The van der Waals surface area contributed by atoms with Crippen LogP contribution in [0.3, 0.4) is 0 Å². The highest BCUT2D eigenvalue weighted by atomic mass is 16.3. The Morgan fingerprint density at radius 3 is 1.47 bits per heavy atom. The predicted octanol–water partition coefficient (Wildman–Crippen LogP) is 13.2. The molecule has 10 aromatic rings. The minimum absolute atomic E-state index is 0.920. The Hall–Kier alpha value is -6.18. The number of hydrogen-bond acceptors (Lipinski definition) is 1. The maximum absolute atomic E-state index is 6.27. The van der Waals surface area contributed by atoms with Gasteiger partial charge in [0.05, 0.1) is 0 Å². The number of benzene rings is 9. The van der Waals surface area contributed by atoms with E-state index in [1.54, 1.807) is 0 Å². The second kappa shape index (κ2) is 10.2. The summed E-state index contributed by atoms with van der Waals surface area (Å²) in [5.74, 6) is 0. The minimum Gasteiger partial charge on any atom is -0.456 e. The molecule has 0 fully saturated rings. The summed E-state index contributed by atoms with van der Waals surface area (Å²) in [5.41, 5.74) is 9.29. The molecule has 1 heterocycles. The molecule has 0 unspecified atom stereocenters. The Morgan fingerprint density at radius 2 is 0.766 bits per heavy atom. The van der Waals surface area contributed by atoms with Crippen molar-refractivity contribution >= 4 is 65.0 Å². The van der Waals surface area contributed by atoms with Crippen molar-refractivity contribution < 1.29 is 4.42 Å². The molecule has 0 aliphatic heterocycles. The molecule has 0 saturated carbocycles. The molecule has 0 aliphatic carbocycles. The molecule has 0 amide bonds. The van der Waals surface area contributed by atoms with Gasteiger partial charge < -0.3 is 4.42 Å². The van der Waals surface area contributed by atoms with Gasteiger partial charge in [-0.05, 0) is 107 Å². The SMILES string of the molecule is c1ccc(-c2c3ccccc3c(-c3ccc4cc(-c5ccc6oc7ccc8ccccc8c7c6c5)ccc4c3)c3ccccc23)cc1. The van der Waals surface area contributed by atoms with Gasteiger partial charge in [0.2, 0.25) is 0 Å². The molecule has 0 saturated heterocycles. The Kier molecular flexibility index (Phi) is 5.64. The van der Waals surface area contributed by atoms with Crippen molar-refractivity contribution in [3.8, 4) is 33.4 Å². The molecule has 0 atom stereocenters. The number of furan rings is 1. The molecule has 1 heteroatoms. The van der Waals surface area contributed by atoms with Crippen LogP contribution in [-0.4, -0.2) is 0 Å². The smallest absolute Gasteiger partial charge is 0.136 e. The van der Waals surface area contributed by atoms with E-state index in [2.05, 4.69) is 170 Å². The average molecular weight is 597 g/mol. The van der Waals surface area contributed by atoms with E-state index in [1.807, 2.05) is 0 Å². The van der Waals surface area contributed by atoms with Crippen LogP contribution in [0.1, 0.15) is 0 Å². The van der Waals surface area contributed by atoms with Gasteiger partial charge in [-0.1, -0.05) is 140 Å². The molecule has 47 heavy (non-hydrogen) atoms. The van der Waals surface area contributed by atoms with Crippen molar-refractivity contribution in [3.05, 3.63) is 170 Å². The highest BCUT2D eigenvalue weighted by Gasteiger charge is 2.17. The van der Waals surface area contributed by atoms with Crippen LogP contribution in [0.25, 0.3) is 98.4 Å². The van der Waals surface area contributed by atoms with Gasteiger partial charge in [0.1, 0.15) is 11.2 Å². The summed E-state index contributed by atoms with van der Waals surface area (Å²) in [6.07, 6.45) is 0. The lowest BCUT2D eigenvalue weighted by Crippen LogP contribution is -1.90. The van der Waals surface area contributed by atoms with Crippen LogP contribution in [0, 0.1) is 0 Å². The van der Waals surface area contributed by atoms with Gasteiger partial charge in [-0.15, -0.1) is 0 Å². The highest BCUT2D eigenvalue weighted by molar-refractivity contribution is 6.22. The van der Waals surface area contributed by atoms with E-state index in [0.717, 1.165) is 16.6 Å². The summed E-state index contributed by atoms with van der Waals surface area (Å²) in [6.45, 7) is 0. The first-order valence-corrected chi connectivity index (χ1v) is 16.2. The van der Waals surface area contributed by atoms with Crippen LogP contribution in [0.4, 0.5) is 0 Å². The average Bonchev–Trinajstić information content (AvgIpc) is 3.52. The molecule has 0 aliphatic rings. The number of hydrogen-bond donors (Lipinski definition) is 0. The highest BCUT2D eigenvalue weighted by Crippen LogP contribution is 2.44. The van der Waals surface area contributed by atoms with E-state index in [-0.39, 0.29) is 0 Å². The second-order valence-electron chi connectivity index (χ2n) is 12.5. The maximum Gasteiger partial charge on any atom is 0.136 e. The van der Waals surface area contributed by atoms with Crippen LogP contribution in [0.15, 0.2) is 174 Å². The summed E-state index contributed by atoms with van der Waals surface area (Å²) in [4.78, 5) is 0. The quantitative estimate of drug-likeness (QED) is 0.185. The van der Waals surface area contributed by atoms with Gasteiger partial charge in [-0.2, -0.15) is 0 Å². The van der Waals surface area contributed by atoms with Gasteiger partial charge >= 0.3 is 0 Å². The van der Waals surface area contributed by atoms with Crippen LogP contribution < -0.4 is 0 Å². The van der Waals surface area contributed by atoms with E-state index in [0.29, 0.717) is 0 Å². The fraction of sp³-hybridized carbons (Fsp3) is 0. The molecule has 9 aromatic carbocycles. The van der Waals surface area contributed by atoms with E-state index >= 15 is 0 Å². The third-order valence-electron chi connectivity index (χ3n) is 9.82. The molecule has 0 radical (unpaired) electrons. The van der Waals surface area contributed by atoms with Crippen molar-refractivity contribution in [1.82, 2.24) is 0 Å². The fourth-order valence-electron chi connectivity index (χ4n) is 7.66. The third-order valence-corrected chi connectivity index (χ3v) is 9.82. The lowest BCUT2D eigenvalue weighted by Gasteiger charge is -2.18. The van der Waals surface area contributed by atoms with Gasteiger partial charge in [-0.3, -0.25) is 0 Å². The molecule has 1 aromatic heterocycles. The Bertz CT molecular complexity index is 2780. The molecular weight excluding hydrogens is 569 g/mol. The first-order chi connectivity index (χ1) is 23.3. The van der Waals surface area contributed by atoms with Crippen LogP contribution >= 0.6 is 0 Å². The Balaban J connectivity index is 1.13. The molecule has 0 spiro atoms. The monoisotopic (exact) mass is 596 g/mol. The zero-order valence-corrected chi connectivity index (χ0v) is 25.6. The topological polar surface area (TPSA) is 13.1 Å². The minimum atomic E-state index is 0.920. The largest absolute Gasteiger partial charge is 0.456 e. The molecule has 218 valence electrons. The number of fused-ring (bicyclic) bond motifs is 8. The van der Waals surface area contributed by atoms with Gasteiger partial charge in [-0.25, -0.2) is 0 Å². The Morgan fingerprint density at radius 1 is 0.277 bits per heavy atom. The van der Waals surface area contributed by atoms with E-state index in [9.17, 15) is 0 Å². The first kappa shape index (κ1) is 26.1. The lowest BCUT2D eigenvalue weighted by atomic mass is 9.85. The second-order valence-corrected chi connectivity index (χ2v) is 12.5. The summed E-state index contributed by atoms with van der Waals surface area (Å²) >= 11 is 0. The lowest BCUT2D eigenvalue weighted by molar-refractivity contribution is 0.669. The molecule has 10 rings (SSSR count). The van der Waals surface area contributed by atoms with Gasteiger partial charge in [0, 0.05) is 10.8 Å². The van der Waals surface area contributed by atoms with E-state index in [1.165, 1.54) is 81.9 Å². The van der Waals surface area contributed by atoms with E-state index in [4.69, 9.17) is 4.42 Å².